The molecule has 1 N–H and O–H groups in total. The highest BCUT2D eigenvalue weighted by Crippen LogP contribution is 2.42. The molecule has 0 spiro atoms. The second-order valence-corrected chi connectivity index (χ2v) is 9.28. The molecule has 0 bridgehead atoms. The lowest BCUT2D eigenvalue weighted by atomic mass is 9.90. The molecule has 2 aliphatic rings. The third kappa shape index (κ3) is 5.13. The van der Waals surface area contributed by atoms with E-state index in [2.05, 4.69) is 4.98 Å². The highest BCUT2D eigenvalue weighted by Gasteiger charge is 2.37. The fraction of sp³-hybridized carbons (Fsp3) is 0.500. The number of carboxylic acids is 1. The zero-order chi connectivity index (χ0) is 21.8. The van der Waals surface area contributed by atoms with E-state index in [-0.39, 0.29) is 6.09 Å². The molecule has 1 aliphatic heterocycles. The van der Waals surface area contributed by atoms with Crippen molar-refractivity contribution < 1.29 is 24.2 Å². The first-order valence-electron chi connectivity index (χ1n) is 10.5. The van der Waals surface area contributed by atoms with E-state index >= 15 is 0 Å². The van der Waals surface area contributed by atoms with E-state index in [1.54, 1.807) is 28.6 Å². The molecule has 1 aromatic carbocycles. The number of hydrogen-bond acceptors (Lipinski definition) is 6. The van der Waals surface area contributed by atoms with Gasteiger partial charge in [-0.25, -0.2) is 14.6 Å². The molecule has 1 atom stereocenters. The Hall–Kier alpha value is -2.32. The van der Waals surface area contributed by atoms with Crippen LogP contribution in [0, 0.1) is 5.92 Å². The lowest BCUT2D eigenvalue weighted by Crippen LogP contribution is -2.41. The number of carboxylic acid groups (broad SMARTS) is 1. The number of ether oxygens (including phenoxy) is 2. The Kier molecular flexibility index (Phi) is 6.97. The number of halogens is 1. The highest BCUT2D eigenvalue weighted by molar-refractivity contribution is 7.09. The maximum absolute atomic E-state index is 13.1. The monoisotopic (exact) mass is 464 g/mol. The van der Waals surface area contributed by atoms with Gasteiger partial charge in [-0.3, -0.25) is 4.90 Å². The summed E-state index contributed by atoms with van der Waals surface area (Å²) in [6.45, 7) is 0.397. The fourth-order valence-corrected chi connectivity index (χ4v) is 5.47. The molecular weight excluding hydrogens is 440 g/mol. The summed E-state index contributed by atoms with van der Waals surface area (Å²) < 4.78 is 11.3. The number of nitrogens with zero attached hydrogens (tertiary/aromatic N) is 2. The van der Waals surface area contributed by atoms with Crippen LogP contribution in [0.3, 0.4) is 0 Å². The summed E-state index contributed by atoms with van der Waals surface area (Å²) in [6.07, 6.45) is 6.07. The van der Waals surface area contributed by atoms with Crippen molar-refractivity contribution >= 4 is 35.0 Å². The fourth-order valence-electron chi connectivity index (χ4n) is 4.32. The van der Waals surface area contributed by atoms with Crippen molar-refractivity contribution in [1.29, 1.82) is 0 Å². The molecule has 166 valence electrons. The van der Waals surface area contributed by atoms with Crippen LogP contribution in [0.4, 0.5) is 4.79 Å². The van der Waals surface area contributed by atoms with E-state index in [9.17, 15) is 9.59 Å². The predicted octanol–water partition coefficient (Wildman–Crippen LogP) is 4.92. The molecule has 1 unspecified atom stereocenters. The van der Waals surface area contributed by atoms with Gasteiger partial charge in [0.2, 0.25) is 0 Å². The van der Waals surface area contributed by atoms with E-state index in [1.165, 1.54) is 30.6 Å². The second-order valence-electron chi connectivity index (χ2n) is 7.95. The first-order valence-corrected chi connectivity index (χ1v) is 11.8. The van der Waals surface area contributed by atoms with Gasteiger partial charge >= 0.3 is 12.1 Å². The van der Waals surface area contributed by atoms with Gasteiger partial charge in [-0.1, -0.05) is 30.9 Å². The molecule has 9 heteroatoms. The van der Waals surface area contributed by atoms with E-state index in [1.807, 2.05) is 0 Å². The van der Waals surface area contributed by atoms with E-state index < -0.39 is 18.6 Å². The molecule has 2 aromatic rings. The van der Waals surface area contributed by atoms with Crippen LogP contribution >= 0.6 is 22.9 Å². The maximum atomic E-state index is 13.1. The molecular formula is C22H25ClN2O5S. The van der Waals surface area contributed by atoms with Crippen molar-refractivity contribution in [3.8, 4) is 5.75 Å². The number of rotatable bonds is 6. The molecule has 1 amide bonds. The summed E-state index contributed by atoms with van der Waals surface area (Å²) in [7, 11) is 0. The minimum Gasteiger partial charge on any atom is -0.482 e. The average molecular weight is 465 g/mol. The van der Waals surface area contributed by atoms with Crippen molar-refractivity contribution in [3.63, 3.8) is 0 Å². The number of amides is 1. The first kappa shape index (κ1) is 21.9. The molecule has 1 aromatic heterocycles. The second kappa shape index (κ2) is 9.87. The van der Waals surface area contributed by atoms with Crippen molar-refractivity contribution in [2.24, 2.45) is 5.92 Å². The molecule has 2 heterocycles. The van der Waals surface area contributed by atoms with Crippen molar-refractivity contribution in [1.82, 2.24) is 9.88 Å². The van der Waals surface area contributed by atoms with Gasteiger partial charge in [0.1, 0.15) is 11.8 Å². The molecule has 1 aliphatic carbocycles. The predicted molar refractivity (Wildman–Crippen MR) is 117 cm³/mol. The number of aliphatic carboxylic acids is 1. The Morgan fingerprint density at radius 1 is 1.26 bits per heavy atom. The van der Waals surface area contributed by atoms with Crippen LogP contribution in [0.1, 0.15) is 54.3 Å². The largest absolute Gasteiger partial charge is 0.482 e. The molecule has 1 saturated carbocycles. The van der Waals surface area contributed by atoms with E-state index in [4.69, 9.17) is 26.2 Å². The normalized spacial score (nSPS) is 19.0. The van der Waals surface area contributed by atoms with Crippen molar-refractivity contribution in [2.45, 2.75) is 44.6 Å². The number of carbonyl (C=O) groups excluding carboxylic acids is 1. The van der Waals surface area contributed by atoms with Gasteiger partial charge in [0.15, 0.2) is 6.61 Å². The number of carbonyl (C=O) groups is 2. The number of hydrogen-bond donors (Lipinski definition) is 1. The van der Waals surface area contributed by atoms with Gasteiger partial charge in [-0.15, -0.1) is 11.3 Å². The topological polar surface area (TPSA) is 89.0 Å². The van der Waals surface area contributed by atoms with Crippen LogP contribution in [0.25, 0.3) is 0 Å². The SMILES string of the molecule is O=C(O)COc1ccc(Cl)cc1C1c2scnc2CCN1C(=O)OCC1CCCCC1. The standard InChI is InChI=1S/C22H25ClN2O5S/c23-15-6-7-18(29-12-19(26)27)16(10-15)20-21-17(24-13-31-21)8-9-25(20)22(28)30-11-14-4-2-1-3-5-14/h6-7,10,13-14,20H,1-5,8-9,11-12H2,(H,26,27). The Bertz CT molecular complexity index is 944. The molecule has 1 fully saturated rings. The summed E-state index contributed by atoms with van der Waals surface area (Å²) >= 11 is 7.73. The summed E-state index contributed by atoms with van der Waals surface area (Å²) in [5.74, 6) is -0.282. The third-order valence-electron chi connectivity index (χ3n) is 5.84. The molecule has 0 saturated heterocycles. The lowest BCUT2D eigenvalue weighted by molar-refractivity contribution is -0.139. The minimum atomic E-state index is -1.08. The Balaban J connectivity index is 1.61. The molecule has 4 rings (SSSR count). The van der Waals surface area contributed by atoms with Crippen molar-refractivity contribution in [3.05, 3.63) is 44.9 Å². The van der Waals surface area contributed by atoms with Crippen LogP contribution in [-0.2, 0) is 16.0 Å². The van der Waals surface area contributed by atoms with Crippen LogP contribution in [0.15, 0.2) is 23.7 Å². The van der Waals surface area contributed by atoms with E-state index in [0.717, 1.165) is 23.4 Å². The molecule has 0 radical (unpaired) electrons. The number of aromatic nitrogens is 1. The molecule has 31 heavy (non-hydrogen) atoms. The summed E-state index contributed by atoms with van der Waals surface area (Å²) in [5.41, 5.74) is 3.32. The highest BCUT2D eigenvalue weighted by atomic mass is 35.5. The van der Waals surface area contributed by atoms with Gasteiger partial charge < -0.3 is 14.6 Å². The zero-order valence-electron chi connectivity index (χ0n) is 17.1. The summed E-state index contributed by atoms with van der Waals surface area (Å²) in [5, 5.41) is 9.52. The van der Waals surface area contributed by atoms with Crippen LogP contribution in [-0.4, -0.2) is 46.8 Å². The third-order valence-corrected chi connectivity index (χ3v) is 7.00. The van der Waals surface area contributed by atoms with Gasteiger partial charge in [-0.05, 0) is 37.0 Å². The van der Waals surface area contributed by atoms with Crippen molar-refractivity contribution in [2.75, 3.05) is 19.8 Å². The van der Waals surface area contributed by atoms with Crippen LogP contribution in [0.2, 0.25) is 5.02 Å². The maximum Gasteiger partial charge on any atom is 0.410 e. The zero-order valence-corrected chi connectivity index (χ0v) is 18.7. The van der Waals surface area contributed by atoms with E-state index in [0.29, 0.717) is 41.8 Å². The van der Waals surface area contributed by atoms with Crippen LogP contribution in [0.5, 0.6) is 5.75 Å². The van der Waals surface area contributed by atoms with Gasteiger partial charge in [0.25, 0.3) is 0 Å². The smallest absolute Gasteiger partial charge is 0.410 e. The number of benzene rings is 1. The summed E-state index contributed by atoms with van der Waals surface area (Å²) in [4.78, 5) is 31.2. The number of thiazole rings is 1. The average Bonchev–Trinajstić information content (AvgIpc) is 3.25. The van der Waals surface area contributed by atoms with Gasteiger partial charge in [0, 0.05) is 23.6 Å². The molecule has 7 nitrogen and oxygen atoms in total. The Morgan fingerprint density at radius 3 is 2.84 bits per heavy atom. The Labute approximate surface area is 189 Å². The first-order chi connectivity index (χ1) is 15.0. The van der Waals surface area contributed by atoms with Crippen LogP contribution < -0.4 is 4.74 Å². The number of fused-ring (bicyclic) bond motifs is 1. The lowest BCUT2D eigenvalue weighted by Gasteiger charge is -2.35. The van der Waals surface area contributed by atoms with Gasteiger partial charge in [0.05, 0.1) is 22.7 Å². The quantitative estimate of drug-likeness (QED) is 0.652. The minimum absolute atomic E-state index is 0.376. The van der Waals surface area contributed by atoms with Gasteiger partial charge in [-0.2, -0.15) is 0 Å². The Morgan fingerprint density at radius 2 is 2.06 bits per heavy atom. The summed E-state index contributed by atoms with van der Waals surface area (Å²) in [6, 6.07) is 4.52.